The molecule has 10 aromatic rings. The molecule has 0 amide bonds. The third kappa shape index (κ3) is 32.4. The molecule has 718 valence electrons. The van der Waals surface area contributed by atoms with Gasteiger partial charge in [0.15, 0.2) is 81.4 Å². The first-order valence-corrected chi connectivity index (χ1v) is 45.9. The van der Waals surface area contributed by atoms with Crippen molar-refractivity contribution in [2.45, 2.75) is 312 Å². The van der Waals surface area contributed by atoms with Gasteiger partial charge in [0.25, 0.3) is 0 Å². The van der Waals surface area contributed by atoms with Crippen molar-refractivity contribution in [3.8, 4) is 39.1 Å². The Kier molecular flexibility index (Phi) is 47.2. The number of halogens is 14. The van der Waals surface area contributed by atoms with E-state index in [1.807, 2.05) is 57.2 Å². The van der Waals surface area contributed by atoms with Crippen LogP contribution in [-0.2, 0) is 35.5 Å². The summed E-state index contributed by atoms with van der Waals surface area (Å²) in [5, 5.41) is 0. The van der Waals surface area contributed by atoms with E-state index in [9.17, 15) is 61.5 Å². The summed E-state index contributed by atoms with van der Waals surface area (Å²) in [6.45, 7) is 27.6. The van der Waals surface area contributed by atoms with Gasteiger partial charge in [-0.1, -0.05) is 286 Å². The second-order valence-electron chi connectivity index (χ2n) is 36.5. The Balaban J connectivity index is 0.000000273. The summed E-state index contributed by atoms with van der Waals surface area (Å²) < 4.78 is 208. The summed E-state index contributed by atoms with van der Waals surface area (Å²) in [7, 11) is 0. The standard InChI is InChI=1S/C22H32F2O2.C20H16F2.C20H22F2.C15H20F2O.C14H18F2.C10H12F2.C9H10F2.4CH4/c1-15-3-9-19(10-4-15)25-13-17-7-8-18(22(24)21(17)23)14-26-20-11-5-16(2)6-12-20;1-13-3-7-15(8-4-13)17-11-12-18(20(22)19(17)21)16-9-5-14(2)6-10-16;1-13-3-6-15(7-4-13)16-8-10-17(11-9-16)18-12-5-14(2)19(21)20(18)22;1-10-3-6-12(7-4-10)9-18-13-8-5-11(2)14(16)15(13)17;1-9-3-6-11(7-4-9)12-8-5-10(2)13(15)14(12)16;1-3-4-8-6-5-7(2)9(11)10(8)12;1-3-7-5-4-6(2)8(10)9(7)11;;;;/h7-8,15-16,19-20H,3-6,9-14H2,1-2H3;3-12H,1-2H3;5,8-13,15H,3-4,6-7H2,1-2H3;5,8,10,12H,3-4,6-7,9H2,1-2H3;5,8-9,11H,3-4,6-7H2,1-2H3;5-6H,3-4H2,1-2H3;4-5H,3H2,1-2H3;4*1H4. The van der Waals surface area contributed by atoms with E-state index < -0.39 is 81.4 Å². The van der Waals surface area contributed by atoms with Crippen molar-refractivity contribution in [2.24, 2.45) is 35.5 Å². The topological polar surface area (TPSA) is 27.7 Å². The third-order valence-electron chi connectivity index (χ3n) is 26.1. The Bertz CT molecular complexity index is 4980. The van der Waals surface area contributed by atoms with Gasteiger partial charge in [-0.3, -0.25) is 0 Å². The quantitative estimate of drug-likeness (QED) is 0.0851. The lowest BCUT2D eigenvalue weighted by molar-refractivity contribution is 0.00527. The van der Waals surface area contributed by atoms with Gasteiger partial charge in [-0.15, -0.1) is 0 Å². The van der Waals surface area contributed by atoms with Crippen LogP contribution in [0.15, 0.2) is 158 Å². The zero-order valence-corrected chi connectivity index (χ0v) is 76.7. The van der Waals surface area contributed by atoms with Crippen LogP contribution in [0, 0.1) is 165 Å². The first-order valence-electron chi connectivity index (χ1n) is 45.9. The zero-order chi connectivity index (χ0) is 92.3. The molecule has 0 bridgehead atoms. The summed E-state index contributed by atoms with van der Waals surface area (Å²) in [5.74, 6) is -5.26. The van der Waals surface area contributed by atoms with Gasteiger partial charge in [-0.2, -0.15) is 4.39 Å². The van der Waals surface area contributed by atoms with Crippen LogP contribution >= 0.6 is 0 Å². The molecule has 131 heavy (non-hydrogen) atoms. The molecule has 0 N–H and O–H groups in total. The molecule has 3 nitrogen and oxygen atoms in total. The molecular weight excluding hydrogens is 1680 g/mol. The molecule has 0 atom stereocenters. The van der Waals surface area contributed by atoms with Crippen molar-refractivity contribution in [1.82, 2.24) is 0 Å². The highest BCUT2D eigenvalue weighted by molar-refractivity contribution is 5.72. The average molecular weight is 1830 g/mol. The van der Waals surface area contributed by atoms with Gasteiger partial charge in [0.2, 0.25) is 5.82 Å². The van der Waals surface area contributed by atoms with Gasteiger partial charge in [-0.05, 0) is 271 Å². The van der Waals surface area contributed by atoms with Gasteiger partial charge in [0.05, 0.1) is 32.0 Å². The van der Waals surface area contributed by atoms with Crippen molar-refractivity contribution < 1.29 is 75.7 Å². The maximum absolute atomic E-state index is 14.4. The van der Waals surface area contributed by atoms with E-state index >= 15 is 0 Å². The number of aryl methyl sites for hydroxylation is 9. The molecular formula is C114H146F14O3. The van der Waals surface area contributed by atoms with E-state index in [1.54, 1.807) is 145 Å². The molecule has 0 radical (unpaired) electrons. The summed E-state index contributed by atoms with van der Waals surface area (Å²) >= 11 is 0. The predicted octanol–water partition coefficient (Wildman–Crippen LogP) is 36.0. The maximum Gasteiger partial charge on any atom is 0.200 e. The van der Waals surface area contributed by atoms with E-state index in [2.05, 4.69) is 46.8 Å². The normalized spacial score (nSPS) is 19.6. The van der Waals surface area contributed by atoms with Gasteiger partial charge < -0.3 is 14.2 Å². The molecule has 5 aliphatic carbocycles. The van der Waals surface area contributed by atoms with E-state index in [4.69, 9.17) is 14.2 Å². The summed E-state index contributed by atoms with van der Waals surface area (Å²) in [6, 6.07) is 45.6. The molecule has 0 heterocycles. The monoisotopic (exact) mass is 1830 g/mol. The number of hydrogen-bond donors (Lipinski definition) is 0. The smallest absolute Gasteiger partial charge is 0.200 e. The highest BCUT2D eigenvalue weighted by atomic mass is 19.2. The van der Waals surface area contributed by atoms with E-state index in [-0.39, 0.29) is 77.9 Å². The second-order valence-corrected chi connectivity index (χ2v) is 36.5. The zero-order valence-electron chi connectivity index (χ0n) is 76.7. The van der Waals surface area contributed by atoms with Crippen LogP contribution < -0.4 is 4.74 Å². The van der Waals surface area contributed by atoms with Crippen LogP contribution in [0.25, 0.3) is 33.4 Å². The highest BCUT2D eigenvalue weighted by Crippen LogP contribution is 2.41. The van der Waals surface area contributed by atoms with Crippen LogP contribution in [0.2, 0.25) is 0 Å². The predicted molar refractivity (Wildman–Crippen MR) is 514 cm³/mol. The van der Waals surface area contributed by atoms with Crippen LogP contribution in [0.1, 0.15) is 297 Å². The number of ether oxygens (including phenoxy) is 3. The fraction of sp³-hybridized carbons (Fsp3) is 0.474. The molecule has 15 rings (SSSR count). The molecule has 5 saturated carbocycles. The van der Waals surface area contributed by atoms with Gasteiger partial charge >= 0.3 is 0 Å². The average Bonchev–Trinajstić information content (AvgIpc) is 0.801. The molecule has 0 unspecified atom stereocenters. The van der Waals surface area contributed by atoms with E-state index in [0.29, 0.717) is 104 Å². The Hall–Kier alpha value is -9.06. The fourth-order valence-corrected chi connectivity index (χ4v) is 17.0. The fourth-order valence-electron chi connectivity index (χ4n) is 17.0. The SMILES string of the molecule is C.C.C.C.CC1CCC(OCc2ccc(COC3CCC(C)CC3)c(F)c2F)CC1.CCCc1ccc(C)c(F)c1F.CCc1ccc(C)c(F)c1F.Cc1ccc(-c2ccc(-c3ccc(C)cc3)c(F)c2F)cc1.Cc1ccc(-c2ccc(C3CCC(C)CC3)cc2)c(F)c1F.Cc1ccc(C2CCC(C)CC2)c(F)c1F.Cc1ccc(OCC2CCC(C)CC2)c(F)c1F. The second kappa shape index (κ2) is 54.9. The van der Waals surface area contributed by atoms with Crippen molar-refractivity contribution in [2.75, 3.05) is 6.61 Å². The molecule has 0 spiro atoms. The molecule has 5 fully saturated rings. The molecule has 0 aliphatic heterocycles. The van der Waals surface area contributed by atoms with Crippen molar-refractivity contribution in [1.29, 1.82) is 0 Å². The Morgan fingerprint density at radius 2 is 0.565 bits per heavy atom. The Labute approximate surface area is 775 Å². The highest BCUT2D eigenvalue weighted by Gasteiger charge is 2.28. The minimum Gasteiger partial charge on any atom is -0.490 e. The Morgan fingerprint density at radius 3 is 0.969 bits per heavy atom. The van der Waals surface area contributed by atoms with Crippen molar-refractivity contribution in [3.05, 3.63) is 311 Å². The molecule has 5 aliphatic rings. The van der Waals surface area contributed by atoms with Gasteiger partial charge in [0.1, 0.15) is 0 Å². The first-order chi connectivity index (χ1) is 60.6. The lowest BCUT2D eigenvalue weighted by Crippen LogP contribution is -2.21. The minimum absolute atomic E-state index is 0. The molecule has 17 heteroatoms. The van der Waals surface area contributed by atoms with Crippen LogP contribution in [0.4, 0.5) is 61.5 Å². The summed E-state index contributed by atoms with van der Waals surface area (Å²) in [6.07, 6.45) is 24.9. The third-order valence-corrected chi connectivity index (χ3v) is 26.1. The Morgan fingerprint density at radius 1 is 0.267 bits per heavy atom. The van der Waals surface area contributed by atoms with Gasteiger partial charge in [-0.25, -0.2) is 57.1 Å². The molecule has 10 aromatic carbocycles. The van der Waals surface area contributed by atoms with Crippen molar-refractivity contribution in [3.63, 3.8) is 0 Å². The van der Waals surface area contributed by atoms with Crippen molar-refractivity contribution >= 4 is 0 Å². The molecule has 0 saturated heterocycles. The van der Waals surface area contributed by atoms with E-state index in [0.717, 1.165) is 143 Å². The minimum atomic E-state index is -0.862. The lowest BCUT2D eigenvalue weighted by Gasteiger charge is -2.27. The largest absolute Gasteiger partial charge is 0.490 e. The van der Waals surface area contributed by atoms with Gasteiger partial charge in [0, 0.05) is 27.8 Å². The maximum atomic E-state index is 14.4. The number of benzene rings is 10. The summed E-state index contributed by atoms with van der Waals surface area (Å²) in [4.78, 5) is 0. The van der Waals surface area contributed by atoms with Crippen LogP contribution in [-0.4, -0.2) is 18.8 Å². The first kappa shape index (κ1) is 112. The van der Waals surface area contributed by atoms with E-state index in [1.165, 1.54) is 50.2 Å². The number of hydrogen-bond acceptors (Lipinski definition) is 3. The van der Waals surface area contributed by atoms with Crippen LogP contribution in [0.5, 0.6) is 5.75 Å². The van der Waals surface area contributed by atoms with Crippen LogP contribution in [0.3, 0.4) is 0 Å². The summed E-state index contributed by atoms with van der Waals surface area (Å²) in [5.41, 5.74) is 10.4. The lowest BCUT2D eigenvalue weighted by atomic mass is 9.79. The molecule has 0 aromatic heterocycles. The number of rotatable bonds is 17.